The molecule has 0 aliphatic carbocycles. The second-order valence-electron chi connectivity index (χ2n) is 6.81. The third-order valence-electron chi connectivity index (χ3n) is 4.66. The Balaban J connectivity index is 1.58. The molecule has 30 heavy (non-hydrogen) atoms. The molecule has 0 radical (unpaired) electrons. The van der Waals surface area contributed by atoms with E-state index < -0.39 is 5.97 Å². The van der Waals surface area contributed by atoms with Crippen LogP contribution in [0.15, 0.2) is 71.3 Å². The largest absolute Gasteiger partial charge is 0.478 e. The van der Waals surface area contributed by atoms with Gasteiger partial charge >= 0.3 is 5.97 Å². The lowest BCUT2D eigenvalue weighted by Gasteiger charge is -2.05. The van der Waals surface area contributed by atoms with Crippen LogP contribution in [0.5, 0.6) is 0 Å². The number of rotatable bonds is 7. The molecular weight excluding hydrogens is 380 g/mol. The molecule has 1 N–H and O–H groups in total. The fourth-order valence-electron chi connectivity index (χ4n) is 3.17. The summed E-state index contributed by atoms with van der Waals surface area (Å²) in [4.78, 5) is 19.5. The average molecular weight is 400 g/mol. The number of carbonyl (C=O) groups is 1. The van der Waals surface area contributed by atoms with Crippen LogP contribution in [0.2, 0.25) is 0 Å². The number of azo groups is 1. The molecule has 4 rings (SSSR count). The smallest absolute Gasteiger partial charge is 0.335 e. The van der Waals surface area contributed by atoms with Gasteiger partial charge in [0.2, 0.25) is 0 Å². The number of hydrogen-bond donors (Lipinski definition) is 1. The van der Waals surface area contributed by atoms with E-state index in [1.54, 1.807) is 35.1 Å². The zero-order valence-corrected chi connectivity index (χ0v) is 16.4. The molecule has 0 saturated carbocycles. The van der Waals surface area contributed by atoms with Crippen LogP contribution in [0.4, 0.5) is 5.82 Å². The van der Waals surface area contributed by atoms with Crippen LogP contribution in [0.3, 0.4) is 0 Å². The Hall–Kier alpha value is -3.94. The maximum absolute atomic E-state index is 10.9. The Kier molecular flexibility index (Phi) is 5.56. The molecule has 0 saturated heterocycles. The van der Waals surface area contributed by atoms with E-state index in [0.717, 1.165) is 24.1 Å². The first-order valence-corrected chi connectivity index (χ1v) is 9.63. The number of benzene rings is 2. The molecule has 150 valence electrons. The standard InChI is InChI=1S/C22H20N6O2/c1-2-4-15-5-3-6-18(11-15)28-21-19(13-26-28)20(23-14-24-21)27-25-12-16-7-9-17(10-8-16)22(29)30/h3,5-11,13-14H,2,4,12H2,1H3,(H,29,30). The van der Waals surface area contributed by atoms with E-state index in [4.69, 9.17) is 5.11 Å². The van der Waals surface area contributed by atoms with Crippen LogP contribution in [-0.2, 0) is 13.0 Å². The molecule has 0 bridgehead atoms. The zero-order valence-electron chi connectivity index (χ0n) is 16.4. The van der Waals surface area contributed by atoms with Gasteiger partial charge in [0.05, 0.1) is 29.4 Å². The molecule has 2 aromatic carbocycles. The first kappa shape index (κ1) is 19.4. The van der Waals surface area contributed by atoms with E-state index in [1.807, 2.05) is 12.1 Å². The molecule has 0 aliphatic rings. The van der Waals surface area contributed by atoms with E-state index in [-0.39, 0.29) is 5.56 Å². The minimum absolute atomic E-state index is 0.239. The van der Waals surface area contributed by atoms with Crippen molar-refractivity contribution in [1.29, 1.82) is 0 Å². The Bertz CT molecular complexity index is 1210. The van der Waals surface area contributed by atoms with E-state index in [9.17, 15) is 4.79 Å². The lowest BCUT2D eigenvalue weighted by Crippen LogP contribution is -1.98. The molecule has 8 heteroatoms. The number of nitrogens with zero attached hydrogens (tertiary/aromatic N) is 6. The van der Waals surface area contributed by atoms with Gasteiger partial charge in [-0.15, -0.1) is 5.11 Å². The van der Waals surface area contributed by atoms with Gasteiger partial charge in [0, 0.05) is 0 Å². The van der Waals surface area contributed by atoms with E-state index in [0.29, 0.717) is 23.4 Å². The van der Waals surface area contributed by atoms with Gasteiger partial charge < -0.3 is 5.11 Å². The van der Waals surface area contributed by atoms with Crippen LogP contribution in [0.1, 0.15) is 34.8 Å². The highest BCUT2D eigenvalue weighted by atomic mass is 16.4. The maximum atomic E-state index is 10.9. The summed E-state index contributed by atoms with van der Waals surface area (Å²) in [6, 6.07) is 14.8. The molecule has 0 spiro atoms. The van der Waals surface area contributed by atoms with Crippen molar-refractivity contribution in [2.45, 2.75) is 26.3 Å². The van der Waals surface area contributed by atoms with Crippen molar-refractivity contribution in [3.8, 4) is 5.69 Å². The topological polar surface area (TPSA) is 106 Å². The Morgan fingerprint density at radius 3 is 2.70 bits per heavy atom. The van der Waals surface area contributed by atoms with E-state index in [2.05, 4.69) is 44.4 Å². The van der Waals surface area contributed by atoms with Crippen molar-refractivity contribution in [2.24, 2.45) is 10.2 Å². The monoisotopic (exact) mass is 400 g/mol. The number of fused-ring (bicyclic) bond motifs is 1. The van der Waals surface area contributed by atoms with Crippen molar-refractivity contribution in [3.63, 3.8) is 0 Å². The van der Waals surface area contributed by atoms with Gasteiger partial charge in [0.25, 0.3) is 0 Å². The van der Waals surface area contributed by atoms with Crippen molar-refractivity contribution in [3.05, 3.63) is 77.7 Å². The van der Waals surface area contributed by atoms with Crippen LogP contribution in [0.25, 0.3) is 16.7 Å². The summed E-state index contributed by atoms with van der Waals surface area (Å²) in [6.45, 7) is 2.47. The van der Waals surface area contributed by atoms with Gasteiger partial charge in [-0.25, -0.2) is 19.4 Å². The van der Waals surface area contributed by atoms with Gasteiger partial charge in [0.15, 0.2) is 11.5 Å². The molecule has 0 unspecified atom stereocenters. The van der Waals surface area contributed by atoms with Crippen molar-refractivity contribution in [1.82, 2.24) is 19.7 Å². The fourth-order valence-corrected chi connectivity index (χ4v) is 3.17. The lowest BCUT2D eigenvalue weighted by molar-refractivity contribution is 0.0697. The minimum atomic E-state index is -0.955. The molecule has 2 aromatic heterocycles. The number of aromatic nitrogens is 4. The summed E-state index contributed by atoms with van der Waals surface area (Å²) < 4.78 is 1.78. The molecule has 4 aromatic rings. The number of carboxylic acids is 1. The van der Waals surface area contributed by atoms with Gasteiger partial charge in [-0.05, 0) is 41.8 Å². The number of hydrogen-bond acceptors (Lipinski definition) is 6. The quantitative estimate of drug-likeness (QED) is 0.451. The van der Waals surface area contributed by atoms with Gasteiger partial charge in [0.1, 0.15) is 6.33 Å². The van der Waals surface area contributed by atoms with Gasteiger partial charge in [-0.2, -0.15) is 10.2 Å². The molecule has 0 atom stereocenters. The molecule has 0 aliphatic heterocycles. The Morgan fingerprint density at radius 2 is 1.93 bits per heavy atom. The number of aryl methyl sites for hydroxylation is 1. The highest BCUT2D eigenvalue weighted by Crippen LogP contribution is 2.24. The summed E-state index contributed by atoms with van der Waals surface area (Å²) in [5.41, 5.74) is 3.96. The summed E-state index contributed by atoms with van der Waals surface area (Å²) in [6.07, 6.45) is 5.23. The summed E-state index contributed by atoms with van der Waals surface area (Å²) in [5, 5.41) is 22.6. The summed E-state index contributed by atoms with van der Waals surface area (Å²) in [5.74, 6) is -0.512. The van der Waals surface area contributed by atoms with Crippen LogP contribution < -0.4 is 0 Å². The predicted molar refractivity (Wildman–Crippen MR) is 112 cm³/mol. The molecule has 0 fully saturated rings. The highest BCUT2D eigenvalue weighted by molar-refractivity contribution is 5.87. The van der Waals surface area contributed by atoms with Crippen LogP contribution >= 0.6 is 0 Å². The zero-order chi connectivity index (χ0) is 20.9. The third-order valence-corrected chi connectivity index (χ3v) is 4.66. The summed E-state index contributed by atoms with van der Waals surface area (Å²) in [7, 11) is 0. The maximum Gasteiger partial charge on any atom is 0.335 e. The summed E-state index contributed by atoms with van der Waals surface area (Å²) >= 11 is 0. The molecule has 0 amide bonds. The first-order valence-electron chi connectivity index (χ1n) is 9.63. The van der Waals surface area contributed by atoms with Crippen molar-refractivity contribution in [2.75, 3.05) is 0 Å². The fraction of sp³-hybridized carbons (Fsp3) is 0.182. The van der Waals surface area contributed by atoms with Crippen LogP contribution in [-0.4, -0.2) is 30.8 Å². The third kappa shape index (κ3) is 4.07. The molecule has 8 nitrogen and oxygen atoms in total. The van der Waals surface area contributed by atoms with Crippen LogP contribution in [0, 0.1) is 0 Å². The normalized spacial score (nSPS) is 11.4. The van der Waals surface area contributed by atoms with Gasteiger partial charge in [-0.1, -0.05) is 37.6 Å². The predicted octanol–water partition coefficient (Wildman–Crippen LogP) is 4.75. The molecular formula is C22H20N6O2. The first-order chi connectivity index (χ1) is 14.7. The van der Waals surface area contributed by atoms with E-state index in [1.165, 1.54) is 11.9 Å². The minimum Gasteiger partial charge on any atom is -0.478 e. The lowest BCUT2D eigenvalue weighted by atomic mass is 10.1. The number of aromatic carboxylic acids is 1. The molecule has 2 heterocycles. The Labute approximate surface area is 173 Å². The van der Waals surface area contributed by atoms with E-state index >= 15 is 0 Å². The van der Waals surface area contributed by atoms with Crippen molar-refractivity contribution >= 4 is 22.8 Å². The highest BCUT2D eigenvalue weighted by Gasteiger charge is 2.11. The SMILES string of the molecule is CCCc1cccc(-n2ncc3c(N=NCc4ccc(C(=O)O)cc4)ncnc32)c1. The second-order valence-corrected chi connectivity index (χ2v) is 6.81. The average Bonchev–Trinajstić information content (AvgIpc) is 3.20. The van der Waals surface area contributed by atoms with Gasteiger partial charge in [-0.3, -0.25) is 0 Å². The number of carboxylic acid groups (broad SMARTS) is 1. The Morgan fingerprint density at radius 1 is 1.10 bits per heavy atom. The second kappa shape index (κ2) is 8.60. The van der Waals surface area contributed by atoms with Crippen molar-refractivity contribution < 1.29 is 9.90 Å².